The minimum atomic E-state index is -1.05. The summed E-state index contributed by atoms with van der Waals surface area (Å²) in [5, 5.41) is 10.2. The Balaban J connectivity index is 2.68. The van der Waals surface area contributed by atoms with E-state index >= 15 is 0 Å². The van der Waals surface area contributed by atoms with Gasteiger partial charge in [0.2, 0.25) is 0 Å². The van der Waals surface area contributed by atoms with Crippen molar-refractivity contribution in [1.82, 2.24) is 4.90 Å². The summed E-state index contributed by atoms with van der Waals surface area (Å²) in [6.45, 7) is 2.70. The fraction of sp³-hybridized carbons (Fsp3) is 0.316. The number of benzene rings is 2. The molecular formula is C19H23NO2. The molecule has 0 saturated carbocycles. The second kappa shape index (κ2) is 6.75. The molecule has 116 valence electrons. The lowest BCUT2D eigenvalue weighted by molar-refractivity contribution is -0.144. The molecule has 1 N–H and O–H groups in total. The lowest BCUT2D eigenvalue weighted by Gasteiger charge is -2.37. The van der Waals surface area contributed by atoms with Crippen molar-refractivity contribution in [3.63, 3.8) is 0 Å². The SMILES string of the molecule is C[C@@H](CN(C)C)C(C(=O)O)(c1ccccc1)c1ccccc1. The summed E-state index contributed by atoms with van der Waals surface area (Å²) in [5.41, 5.74) is 0.596. The molecule has 3 nitrogen and oxygen atoms in total. The highest BCUT2D eigenvalue weighted by atomic mass is 16.4. The number of aliphatic carboxylic acids is 1. The summed E-state index contributed by atoms with van der Waals surface area (Å²) in [7, 11) is 3.94. The van der Waals surface area contributed by atoms with Gasteiger partial charge in [-0.15, -0.1) is 0 Å². The molecule has 0 radical (unpaired) electrons. The van der Waals surface area contributed by atoms with Crippen molar-refractivity contribution in [3.05, 3.63) is 71.8 Å². The van der Waals surface area contributed by atoms with E-state index in [-0.39, 0.29) is 5.92 Å². The Bertz CT molecular complexity index is 568. The lowest BCUT2D eigenvalue weighted by atomic mass is 9.66. The minimum absolute atomic E-state index is 0.0789. The molecule has 2 rings (SSSR count). The first-order valence-corrected chi connectivity index (χ1v) is 7.48. The van der Waals surface area contributed by atoms with Gasteiger partial charge >= 0.3 is 5.97 Å². The van der Waals surface area contributed by atoms with Crippen molar-refractivity contribution >= 4 is 5.97 Å². The molecule has 0 aliphatic heterocycles. The maximum absolute atomic E-state index is 12.4. The van der Waals surface area contributed by atoms with Crippen LogP contribution in [0.5, 0.6) is 0 Å². The molecule has 0 aliphatic carbocycles. The summed E-state index contributed by atoms with van der Waals surface area (Å²) in [5.74, 6) is -0.885. The zero-order valence-corrected chi connectivity index (χ0v) is 13.4. The van der Waals surface area contributed by atoms with E-state index in [0.29, 0.717) is 6.54 Å². The van der Waals surface area contributed by atoms with Crippen LogP contribution in [0.15, 0.2) is 60.7 Å². The molecule has 0 aliphatic rings. The molecule has 22 heavy (non-hydrogen) atoms. The van der Waals surface area contributed by atoms with Crippen LogP contribution in [-0.4, -0.2) is 36.6 Å². The van der Waals surface area contributed by atoms with Gasteiger partial charge in [-0.2, -0.15) is 0 Å². The zero-order chi connectivity index (χ0) is 16.2. The number of hydrogen-bond acceptors (Lipinski definition) is 2. The van der Waals surface area contributed by atoms with Crippen LogP contribution in [0, 0.1) is 5.92 Å². The quantitative estimate of drug-likeness (QED) is 0.889. The van der Waals surface area contributed by atoms with Gasteiger partial charge in [-0.1, -0.05) is 67.6 Å². The Morgan fingerprint density at radius 3 is 1.73 bits per heavy atom. The van der Waals surface area contributed by atoms with Crippen LogP contribution in [0.1, 0.15) is 18.1 Å². The molecule has 0 bridgehead atoms. The Hall–Kier alpha value is -2.13. The van der Waals surface area contributed by atoms with E-state index in [9.17, 15) is 9.90 Å². The molecular weight excluding hydrogens is 274 g/mol. The molecule has 0 spiro atoms. The highest BCUT2D eigenvalue weighted by molar-refractivity contribution is 5.86. The van der Waals surface area contributed by atoms with Gasteiger partial charge in [-0.3, -0.25) is 4.79 Å². The van der Waals surface area contributed by atoms with Crippen molar-refractivity contribution < 1.29 is 9.90 Å². The minimum Gasteiger partial charge on any atom is -0.480 e. The second-order valence-corrected chi connectivity index (χ2v) is 6.01. The largest absolute Gasteiger partial charge is 0.480 e. The fourth-order valence-corrected chi connectivity index (χ4v) is 3.28. The number of carboxylic acids is 1. The molecule has 0 fully saturated rings. The molecule has 1 atom stereocenters. The van der Waals surface area contributed by atoms with Crippen LogP contribution in [0.3, 0.4) is 0 Å². The summed E-state index contributed by atoms with van der Waals surface area (Å²) in [6.07, 6.45) is 0. The van der Waals surface area contributed by atoms with Crippen molar-refractivity contribution in [2.75, 3.05) is 20.6 Å². The molecule has 2 aromatic carbocycles. The summed E-state index contributed by atoms with van der Waals surface area (Å²) in [6, 6.07) is 19.1. The van der Waals surface area contributed by atoms with E-state index in [1.54, 1.807) is 0 Å². The van der Waals surface area contributed by atoms with E-state index in [1.807, 2.05) is 86.6 Å². The molecule has 0 aromatic heterocycles. The Morgan fingerprint density at radius 1 is 1.00 bits per heavy atom. The van der Waals surface area contributed by atoms with Crippen LogP contribution in [0.2, 0.25) is 0 Å². The number of rotatable bonds is 6. The third kappa shape index (κ3) is 2.90. The molecule has 0 saturated heterocycles. The van der Waals surface area contributed by atoms with Gasteiger partial charge in [0.25, 0.3) is 0 Å². The monoisotopic (exact) mass is 297 g/mol. The molecule has 3 heteroatoms. The number of carboxylic acid groups (broad SMARTS) is 1. The summed E-state index contributed by atoms with van der Waals surface area (Å²) in [4.78, 5) is 14.5. The van der Waals surface area contributed by atoms with E-state index in [0.717, 1.165) is 11.1 Å². The number of carbonyl (C=O) groups is 1. The van der Waals surface area contributed by atoms with Gasteiger partial charge in [0.05, 0.1) is 0 Å². The van der Waals surface area contributed by atoms with Crippen molar-refractivity contribution in [2.24, 2.45) is 5.92 Å². The van der Waals surface area contributed by atoms with Gasteiger partial charge in [0.15, 0.2) is 0 Å². The lowest BCUT2D eigenvalue weighted by Crippen LogP contribution is -2.46. The van der Waals surface area contributed by atoms with Crippen molar-refractivity contribution in [3.8, 4) is 0 Å². The molecule has 2 aromatic rings. The first kappa shape index (κ1) is 16.2. The zero-order valence-electron chi connectivity index (χ0n) is 13.4. The standard InChI is InChI=1S/C19H23NO2/c1-15(14-20(2)3)19(18(21)22,16-10-6-4-7-11-16)17-12-8-5-9-13-17/h4-13,15H,14H2,1-3H3,(H,21,22)/t15-/m0/s1. The predicted octanol–water partition coefficient (Wildman–Crippen LogP) is 3.26. The maximum Gasteiger partial charge on any atom is 0.318 e. The third-order valence-corrected chi connectivity index (χ3v) is 4.17. The van der Waals surface area contributed by atoms with Crippen LogP contribution in [0.4, 0.5) is 0 Å². The summed E-state index contributed by atoms with van der Waals surface area (Å²) >= 11 is 0. The maximum atomic E-state index is 12.4. The average Bonchev–Trinajstić information content (AvgIpc) is 2.49. The highest BCUT2D eigenvalue weighted by Crippen LogP contribution is 2.40. The van der Waals surface area contributed by atoms with Crippen molar-refractivity contribution in [2.45, 2.75) is 12.3 Å². The molecule has 0 unspecified atom stereocenters. The number of hydrogen-bond donors (Lipinski definition) is 1. The smallest absolute Gasteiger partial charge is 0.318 e. The van der Waals surface area contributed by atoms with E-state index in [4.69, 9.17) is 0 Å². The van der Waals surface area contributed by atoms with E-state index in [1.165, 1.54) is 0 Å². The van der Waals surface area contributed by atoms with Gasteiger partial charge in [0, 0.05) is 6.54 Å². The molecule has 0 amide bonds. The predicted molar refractivity (Wildman–Crippen MR) is 89.0 cm³/mol. The Morgan fingerprint density at radius 2 is 1.41 bits per heavy atom. The Kier molecular flexibility index (Phi) is 4.99. The van der Waals surface area contributed by atoms with Gasteiger partial charge in [0.1, 0.15) is 5.41 Å². The third-order valence-electron chi connectivity index (χ3n) is 4.17. The normalized spacial score (nSPS) is 13.1. The van der Waals surface area contributed by atoms with Crippen molar-refractivity contribution in [1.29, 1.82) is 0 Å². The van der Waals surface area contributed by atoms with Crippen LogP contribution >= 0.6 is 0 Å². The summed E-state index contributed by atoms with van der Waals surface area (Å²) < 4.78 is 0. The first-order chi connectivity index (χ1) is 10.5. The first-order valence-electron chi connectivity index (χ1n) is 7.48. The Labute approximate surface area is 132 Å². The van der Waals surface area contributed by atoms with Crippen LogP contribution < -0.4 is 0 Å². The van der Waals surface area contributed by atoms with E-state index in [2.05, 4.69) is 0 Å². The highest BCUT2D eigenvalue weighted by Gasteiger charge is 2.46. The van der Waals surface area contributed by atoms with Crippen LogP contribution in [-0.2, 0) is 10.2 Å². The van der Waals surface area contributed by atoms with Gasteiger partial charge < -0.3 is 10.0 Å². The van der Waals surface area contributed by atoms with E-state index < -0.39 is 11.4 Å². The average molecular weight is 297 g/mol. The van der Waals surface area contributed by atoms with Gasteiger partial charge in [-0.05, 0) is 31.1 Å². The second-order valence-electron chi connectivity index (χ2n) is 6.01. The fourth-order valence-electron chi connectivity index (χ4n) is 3.28. The number of nitrogens with zero attached hydrogens (tertiary/aromatic N) is 1. The van der Waals surface area contributed by atoms with Gasteiger partial charge in [-0.25, -0.2) is 0 Å². The van der Waals surface area contributed by atoms with Crippen LogP contribution in [0.25, 0.3) is 0 Å². The topological polar surface area (TPSA) is 40.5 Å². The molecule has 0 heterocycles.